The molecule has 13 heteroatoms. The quantitative estimate of drug-likeness (QED) is 0.0671. The molecule has 1 aromatic heterocycles. The largest absolute Gasteiger partial charge is 0.493 e. The number of rotatable bonds is 21. The molecule has 1 fully saturated rings. The van der Waals surface area contributed by atoms with Crippen molar-refractivity contribution in [1.29, 1.82) is 0 Å². The number of nitrogens with one attached hydrogen (secondary N) is 1. The second-order valence-electron chi connectivity index (χ2n) is 13.2. The highest BCUT2D eigenvalue weighted by molar-refractivity contribution is 5.87. The summed E-state index contributed by atoms with van der Waals surface area (Å²) in [5, 5.41) is 0. The molecule has 5 rings (SSSR count). The predicted molar refractivity (Wildman–Crippen MR) is 200 cm³/mol. The molecule has 1 N–H and O–H groups in total. The van der Waals surface area contributed by atoms with E-state index in [1.54, 1.807) is 18.2 Å². The van der Waals surface area contributed by atoms with Gasteiger partial charge in [-0.25, -0.2) is 9.37 Å². The van der Waals surface area contributed by atoms with E-state index >= 15 is 0 Å². The van der Waals surface area contributed by atoms with E-state index in [-0.39, 0.29) is 11.5 Å². The van der Waals surface area contributed by atoms with Crippen LogP contribution in [0.25, 0.3) is 22.4 Å². The molecule has 4 aromatic rings. The van der Waals surface area contributed by atoms with Crippen LogP contribution in [0.15, 0.2) is 48.5 Å². The molecule has 0 saturated carbocycles. The van der Waals surface area contributed by atoms with Crippen molar-refractivity contribution < 1.29 is 36.5 Å². The molecule has 0 aliphatic carbocycles. The van der Waals surface area contributed by atoms with Gasteiger partial charge in [0.15, 0.2) is 5.75 Å². The molecule has 0 atom stereocenters. The van der Waals surface area contributed by atoms with Crippen molar-refractivity contribution in [2.24, 2.45) is 0 Å². The summed E-state index contributed by atoms with van der Waals surface area (Å²) in [6.07, 6.45) is -0.831. The predicted octanol–water partition coefficient (Wildman–Crippen LogP) is 8.88. The molecule has 9 nitrogen and oxygen atoms in total. The molecule has 0 unspecified atom stereocenters. The Kier molecular flexibility index (Phi) is 14.6. The van der Waals surface area contributed by atoms with Crippen LogP contribution in [-0.4, -0.2) is 103 Å². The molecule has 2 heterocycles. The minimum Gasteiger partial charge on any atom is -0.493 e. The number of alkyl halides is 3. The van der Waals surface area contributed by atoms with E-state index in [1.165, 1.54) is 6.07 Å². The molecule has 1 aliphatic rings. The van der Waals surface area contributed by atoms with Crippen LogP contribution >= 0.6 is 0 Å². The zero-order valence-corrected chi connectivity index (χ0v) is 31.4. The summed E-state index contributed by atoms with van der Waals surface area (Å²) in [6.45, 7) is 18.6. The van der Waals surface area contributed by atoms with E-state index < -0.39 is 17.6 Å². The van der Waals surface area contributed by atoms with Crippen LogP contribution < -0.4 is 18.9 Å². The van der Waals surface area contributed by atoms with Crippen LogP contribution in [0.5, 0.6) is 28.7 Å². The summed E-state index contributed by atoms with van der Waals surface area (Å²) in [6, 6.07) is 11.4. The highest BCUT2D eigenvalue weighted by atomic mass is 19.4. The van der Waals surface area contributed by atoms with E-state index in [9.17, 15) is 17.6 Å². The standard InChI is InChI=1S/C40H53F4N5O4/c1-5-47(6-2)19-11-22-50-31-26-35-38(37(28-31)51-23-12-20-48(7-3)8-4)46-39(45-35)32-15-13-30(27-36(32)52-24-21-49-17-9-10-18-49)53-29-14-16-34(41)33(25-29)40(42,43)44/h13-16,25-28H,5-12,17-24H2,1-4H3,(H,45,46). The van der Waals surface area contributed by atoms with Gasteiger partial charge in [0, 0.05) is 37.8 Å². The van der Waals surface area contributed by atoms with Crippen LogP contribution in [0, 0.1) is 5.82 Å². The minimum atomic E-state index is -4.86. The summed E-state index contributed by atoms with van der Waals surface area (Å²) in [5.41, 5.74) is 0.621. The Morgan fingerprint density at radius 1 is 0.736 bits per heavy atom. The maximum absolute atomic E-state index is 14.0. The van der Waals surface area contributed by atoms with Gasteiger partial charge in [-0.2, -0.15) is 13.2 Å². The summed E-state index contributed by atoms with van der Waals surface area (Å²) < 4.78 is 78.9. The SMILES string of the molecule is CCN(CC)CCCOc1cc(OCCCN(CC)CC)c2nc(-c3ccc(Oc4ccc(F)c(C(F)(F)F)c4)cc3OCCN3CCCC3)[nH]c2c1. The minimum absolute atomic E-state index is 0.148. The Morgan fingerprint density at radius 2 is 1.34 bits per heavy atom. The highest BCUT2D eigenvalue weighted by Crippen LogP contribution is 2.39. The van der Waals surface area contributed by atoms with Crippen LogP contribution in [0.1, 0.15) is 58.9 Å². The zero-order valence-electron chi connectivity index (χ0n) is 31.4. The number of likely N-dealkylation sites (tertiary alicyclic amines) is 1. The normalized spacial score (nSPS) is 13.8. The maximum Gasteiger partial charge on any atom is 0.419 e. The fraction of sp³-hybridized carbons (Fsp3) is 0.525. The lowest BCUT2D eigenvalue weighted by Gasteiger charge is -2.18. The number of aromatic amines is 1. The Hall–Kier alpha value is -4.07. The van der Waals surface area contributed by atoms with Crippen molar-refractivity contribution in [3.05, 3.63) is 59.9 Å². The van der Waals surface area contributed by atoms with E-state index in [0.29, 0.717) is 60.0 Å². The number of nitrogens with zero attached hydrogens (tertiary/aromatic N) is 4. The first-order chi connectivity index (χ1) is 25.6. The van der Waals surface area contributed by atoms with E-state index in [1.807, 2.05) is 12.1 Å². The Labute approximate surface area is 310 Å². The molecule has 0 radical (unpaired) electrons. The van der Waals surface area contributed by atoms with Crippen molar-refractivity contribution in [1.82, 2.24) is 24.7 Å². The van der Waals surface area contributed by atoms with Crippen LogP contribution in [0.4, 0.5) is 17.6 Å². The van der Waals surface area contributed by atoms with Crippen molar-refractivity contribution in [3.8, 4) is 40.1 Å². The first-order valence-electron chi connectivity index (χ1n) is 18.9. The number of halogens is 4. The Morgan fingerprint density at radius 3 is 2.00 bits per heavy atom. The third kappa shape index (κ3) is 11.2. The van der Waals surface area contributed by atoms with E-state index in [4.69, 9.17) is 23.9 Å². The second-order valence-corrected chi connectivity index (χ2v) is 13.2. The van der Waals surface area contributed by atoms with Gasteiger partial charge in [0.25, 0.3) is 0 Å². The van der Waals surface area contributed by atoms with Crippen molar-refractivity contribution in [2.45, 2.75) is 59.6 Å². The fourth-order valence-corrected chi connectivity index (χ4v) is 6.50. The average Bonchev–Trinajstić information content (AvgIpc) is 3.83. The second kappa shape index (κ2) is 19.3. The van der Waals surface area contributed by atoms with Crippen LogP contribution in [0.2, 0.25) is 0 Å². The number of fused-ring (bicyclic) bond motifs is 1. The smallest absolute Gasteiger partial charge is 0.419 e. The lowest BCUT2D eigenvalue weighted by molar-refractivity contribution is -0.140. The summed E-state index contributed by atoms with van der Waals surface area (Å²) in [7, 11) is 0. The number of H-pyrrole nitrogens is 1. The molecule has 0 bridgehead atoms. The van der Waals surface area contributed by atoms with Gasteiger partial charge < -0.3 is 33.7 Å². The summed E-state index contributed by atoms with van der Waals surface area (Å²) >= 11 is 0. The van der Waals surface area contributed by atoms with E-state index in [2.05, 4.69) is 47.4 Å². The van der Waals surface area contributed by atoms with Gasteiger partial charge in [-0.3, -0.25) is 4.90 Å². The maximum atomic E-state index is 14.0. The number of benzene rings is 3. The van der Waals surface area contributed by atoms with Gasteiger partial charge in [-0.15, -0.1) is 0 Å². The van der Waals surface area contributed by atoms with Gasteiger partial charge >= 0.3 is 6.18 Å². The molecule has 3 aromatic carbocycles. The van der Waals surface area contributed by atoms with Crippen molar-refractivity contribution in [2.75, 3.05) is 78.7 Å². The number of aromatic nitrogens is 2. The zero-order chi connectivity index (χ0) is 37.8. The third-order valence-electron chi connectivity index (χ3n) is 9.63. The molecular weight excluding hydrogens is 690 g/mol. The first kappa shape index (κ1) is 40.1. The molecule has 0 amide bonds. The summed E-state index contributed by atoms with van der Waals surface area (Å²) in [5.74, 6) is 0.968. The lowest BCUT2D eigenvalue weighted by Crippen LogP contribution is -2.25. The highest BCUT2D eigenvalue weighted by Gasteiger charge is 2.34. The number of ether oxygens (including phenoxy) is 4. The van der Waals surface area contributed by atoms with Gasteiger partial charge in [0.1, 0.15) is 46.8 Å². The molecule has 53 heavy (non-hydrogen) atoms. The van der Waals surface area contributed by atoms with E-state index in [0.717, 1.165) is 96.2 Å². The molecular formula is C40H53F4N5O4. The topological polar surface area (TPSA) is 75.3 Å². The molecule has 290 valence electrons. The monoisotopic (exact) mass is 743 g/mol. The molecule has 0 spiro atoms. The summed E-state index contributed by atoms with van der Waals surface area (Å²) in [4.78, 5) is 15.4. The molecule has 1 aliphatic heterocycles. The number of hydrogen-bond donors (Lipinski definition) is 1. The number of hydrogen-bond acceptors (Lipinski definition) is 8. The van der Waals surface area contributed by atoms with Crippen molar-refractivity contribution >= 4 is 11.0 Å². The first-order valence-corrected chi connectivity index (χ1v) is 18.9. The molecule has 1 saturated heterocycles. The average molecular weight is 744 g/mol. The Bertz CT molecular complexity index is 1740. The van der Waals surface area contributed by atoms with Gasteiger partial charge in [0.05, 0.1) is 29.9 Å². The van der Waals surface area contributed by atoms with Gasteiger partial charge in [0.2, 0.25) is 0 Å². The van der Waals surface area contributed by atoms with Gasteiger partial charge in [-0.05, 0) is 95.3 Å². The fourth-order valence-electron chi connectivity index (χ4n) is 6.50. The van der Waals surface area contributed by atoms with Gasteiger partial charge in [-0.1, -0.05) is 27.7 Å². The lowest BCUT2D eigenvalue weighted by atomic mass is 10.1. The van der Waals surface area contributed by atoms with Crippen LogP contribution in [-0.2, 0) is 6.18 Å². The Balaban J connectivity index is 1.43. The number of imidazole rings is 1. The van der Waals surface area contributed by atoms with Crippen LogP contribution in [0.3, 0.4) is 0 Å². The van der Waals surface area contributed by atoms with Crippen molar-refractivity contribution in [3.63, 3.8) is 0 Å². The third-order valence-corrected chi connectivity index (χ3v) is 9.63.